The summed E-state index contributed by atoms with van der Waals surface area (Å²) in [5, 5.41) is 3.43. The van der Waals surface area contributed by atoms with E-state index in [1.165, 1.54) is 12.8 Å². The molecule has 1 heterocycles. The van der Waals surface area contributed by atoms with Crippen LogP contribution in [0.25, 0.3) is 0 Å². The highest BCUT2D eigenvalue weighted by molar-refractivity contribution is 5.18. The molecule has 2 nitrogen and oxygen atoms in total. The fraction of sp³-hybridized carbons (Fsp3) is 0.667. The van der Waals surface area contributed by atoms with Crippen LogP contribution in [-0.2, 0) is 6.54 Å². The molecule has 1 aromatic heterocycles. The third-order valence-corrected chi connectivity index (χ3v) is 3.00. The van der Waals surface area contributed by atoms with Gasteiger partial charge in [0.25, 0.3) is 6.43 Å². The average molecular weight is 228 g/mol. The first-order chi connectivity index (χ1) is 7.70. The maximum atomic E-state index is 12.2. The summed E-state index contributed by atoms with van der Waals surface area (Å²) in [5.74, 6) is 0.697. The first-order valence-corrected chi connectivity index (χ1v) is 5.88. The van der Waals surface area contributed by atoms with Crippen LogP contribution in [0.4, 0.5) is 8.78 Å². The fourth-order valence-corrected chi connectivity index (χ4v) is 2.12. The Morgan fingerprint density at radius 2 is 2.25 bits per heavy atom. The molecule has 90 valence electrons. The van der Waals surface area contributed by atoms with Crippen LogP contribution >= 0.6 is 0 Å². The van der Waals surface area contributed by atoms with Crippen molar-refractivity contribution >= 4 is 0 Å². The lowest BCUT2D eigenvalue weighted by atomic mass is 10.1. The van der Waals surface area contributed by atoms with E-state index in [2.05, 4.69) is 12.2 Å². The molecule has 1 aliphatic carbocycles. The van der Waals surface area contributed by atoms with E-state index in [9.17, 15) is 8.78 Å². The van der Waals surface area contributed by atoms with Gasteiger partial charge in [-0.2, -0.15) is 0 Å². The van der Waals surface area contributed by atoms with Crippen molar-refractivity contribution in [2.45, 2.75) is 38.8 Å². The maximum absolute atomic E-state index is 12.2. The molecule has 2 rings (SSSR count). The molecule has 1 unspecified atom stereocenters. The Labute approximate surface area is 94.6 Å². The van der Waals surface area contributed by atoms with E-state index in [1.807, 2.05) is 12.3 Å². The number of alkyl halides is 2. The molecule has 4 heteroatoms. The first kappa shape index (κ1) is 11.6. The molecule has 1 saturated carbocycles. The van der Waals surface area contributed by atoms with Gasteiger partial charge in [0.2, 0.25) is 0 Å². The van der Waals surface area contributed by atoms with E-state index in [0.717, 1.165) is 12.1 Å². The van der Waals surface area contributed by atoms with Gasteiger partial charge < -0.3 is 9.88 Å². The van der Waals surface area contributed by atoms with Crippen molar-refractivity contribution in [1.82, 2.24) is 9.88 Å². The molecule has 0 bridgehead atoms. The van der Waals surface area contributed by atoms with Gasteiger partial charge in [0.05, 0.1) is 6.54 Å². The van der Waals surface area contributed by atoms with Gasteiger partial charge in [-0.25, -0.2) is 8.78 Å². The number of hydrogen-bond donors (Lipinski definition) is 1. The summed E-state index contributed by atoms with van der Waals surface area (Å²) in [6.45, 7) is 2.79. The van der Waals surface area contributed by atoms with Gasteiger partial charge in [0, 0.05) is 18.4 Å². The Kier molecular flexibility index (Phi) is 3.59. The lowest BCUT2D eigenvalue weighted by Crippen LogP contribution is -2.22. The van der Waals surface area contributed by atoms with E-state index in [1.54, 1.807) is 10.8 Å². The molecule has 1 fully saturated rings. The molecule has 1 atom stereocenters. The van der Waals surface area contributed by atoms with E-state index < -0.39 is 6.43 Å². The number of aromatic nitrogens is 1. The zero-order valence-corrected chi connectivity index (χ0v) is 9.50. The number of hydrogen-bond acceptors (Lipinski definition) is 1. The maximum Gasteiger partial charge on any atom is 0.256 e. The number of nitrogens with one attached hydrogen (secondary N) is 1. The van der Waals surface area contributed by atoms with Crippen LogP contribution in [0, 0.1) is 5.92 Å². The second-order valence-electron chi connectivity index (χ2n) is 4.41. The molecule has 1 aliphatic rings. The summed E-state index contributed by atoms with van der Waals surface area (Å²) in [7, 11) is 0. The summed E-state index contributed by atoms with van der Waals surface area (Å²) in [4.78, 5) is 0. The van der Waals surface area contributed by atoms with Gasteiger partial charge in [-0.3, -0.25) is 0 Å². The minimum absolute atomic E-state index is 0.205. The first-order valence-electron chi connectivity index (χ1n) is 5.88. The Morgan fingerprint density at radius 1 is 1.50 bits per heavy atom. The Morgan fingerprint density at radius 3 is 2.81 bits per heavy atom. The molecule has 0 saturated heterocycles. The molecular weight excluding hydrogens is 210 g/mol. The highest BCUT2D eigenvalue weighted by Gasteiger charge is 2.32. The van der Waals surface area contributed by atoms with Crippen LogP contribution in [0.5, 0.6) is 0 Å². The largest absolute Gasteiger partial charge is 0.348 e. The molecule has 0 aromatic carbocycles. The minimum atomic E-state index is -2.28. The second kappa shape index (κ2) is 4.95. The van der Waals surface area contributed by atoms with Crippen molar-refractivity contribution in [3.63, 3.8) is 0 Å². The molecule has 1 N–H and O–H groups in total. The lowest BCUT2D eigenvalue weighted by Gasteiger charge is -2.15. The average Bonchev–Trinajstić information content (AvgIpc) is 2.96. The van der Waals surface area contributed by atoms with Crippen molar-refractivity contribution in [1.29, 1.82) is 0 Å². The van der Waals surface area contributed by atoms with Crippen LogP contribution in [0.2, 0.25) is 0 Å². The van der Waals surface area contributed by atoms with Gasteiger partial charge in [-0.1, -0.05) is 6.92 Å². The molecule has 0 amide bonds. The topological polar surface area (TPSA) is 17.0 Å². The number of nitrogens with zero attached hydrogens (tertiary/aromatic N) is 1. The number of halogens is 2. The van der Waals surface area contributed by atoms with Gasteiger partial charge in [0.1, 0.15) is 0 Å². The minimum Gasteiger partial charge on any atom is -0.348 e. The standard InChI is InChI=1S/C12H18F2N2/c1-2-15-12(9-3-4-9)10-5-6-16(7-10)8-11(13)14/h5-7,9,11-12,15H,2-4,8H2,1H3. The van der Waals surface area contributed by atoms with Crippen molar-refractivity contribution in [3.05, 3.63) is 24.0 Å². The zero-order chi connectivity index (χ0) is 11.5. The van der Waals surface area contributed by atoms with Gasteiger partial charge >= 0.3 is 0 Å². The highest BCUT2D eigenvalue weighted by Crippen LogP contribution is 2.40. The van der Waals surface area contributed by atoms with E-state index in [4.69, 9.17) is 0 Å². The molecule has 16 heavy (non-hydrogen) atoms. The summed E-state index contributed by atoms with van der Waals surface area (Å²) < 4.78 is 26.0. The third kappa shape index (κ3) is 2.82. The summed E-state index contributed by atoms with van der Waals surface area (Å²) >= 11 is 0. The second-order valence-corrected chi connectivity index (χ2v) is 4.41. The molecular formula is C12H18F2N2. The van der Waals surface area contributed by atoms with E-state index in [-0.39, 0.29) is 6.54 Å². The van der Waals surface area contributed by atoms with E-state index in [0.29, 0.717) is 12.0 Å². The van der Waals surface area contributed by atoms with Crippen LogP contribution < -0.4 is 5.32 Å². The Hall–Kier alpha value is -0.900. The summed E-state index contributed by atoms with van der Waals surface area (Å²) in [6, 6.07) is 2.30. The molecule has 0 radical (unpaired) electrons. The smallest absolute Gasteiger partial charge is 0.256 e. The zero-order valence-electron chi connectivity index (χ0n) is 9.50. The highest BCUT2D eigenvalue weighted by atomic mass is 19.3. The molecule has 1 aromatic rings. The van der Waals surface area contributed by atoms with E-state index >= 15 is 0 Å². The quantitative estimate of drug-likeness (QED) is 0.792. The predicted octanol–water partition coefficient (Wildman–Crippen LogP) is 2.81. The SMILES string of the molecule is CCNC(c1ccn(CC(F)F)c1)C1CC1. The van der Waals surface area contributed by atoms with Crippen molar-refractivity contribution < 1.29 is 8.78 Å². The Bertz CT molecular complexity index is 332. The van der Waals surface area contributed by atoms with Crippen LogP contribution in [0.3, 0.4) is 0 Å². The fourth-order valence-electron chi connectivity index (χ4n) is 2.12. The monoisotopic (exact) mass is 228 g/mol. The lowest BCUT2D eigenvalue weighted by molar-refractivity contribution is 0.126. The number of rotatable bonds is 6. The summed E-state index contributed by atoms with van der Waals surface area (Å²) in [5.41, 5.74) is 1.14. The van der Waals surface area contributed by atoms with Gasteiger partial charge in [0.15, 0.2) is 0 Å². The Balaban J connectivity index is 2.03. The van der Waals surface area contributed by atoms with Crippen molar-refractivity contribution in [2.75, 3.05) is 6.54 Å². The van der Waals surface area contributed by atoms with Crippen LogP contribution in [0.1, 0.15) is 31.4 Å². The van der Waals surface area contributed by atoms with Crippen molar-refractivity contribution in [2.24, 2.45) is 5.92 Å². The third-order valence-electron chi connectivity index (χ3n) is 3.00. The van der Waals surface area contributed by atoms with Crippen LogP contribution in [0.15, 0.2) is 18.5 Å². The van der Waals surface area contributed by atoms with Gasteiger partial charge in [-0.15, -0.1) is 0 Å². The van der Waals surface area contributed by atoms with Crippen molar-refractivity contribution in [3.8, 4) is 0 Å². The molecule has 0 spiro atoms. The normalized spacial score (nSPS) is 18.0. The van der Waals surface area contributed by atoms with Crippen LogP contribution in [-0.4, -0.2) is 17.5 Å². The summed E-state index contributed by atoms with van der Waals surface area (Å²) in [6.07, 6.45) is 3.81. The molecule has 0 aliphatic heterocycles. The van der Waals surface area contributed by atoms with Gasteiger partial charge in [-0.05, 0) is 36.9 Å². The predicted molar refractivity (Wildman–Crippen MR) is 59.6 cm³/mol.